The van der Waals surface area contributed by atoms with Gasteiger partial charge in [0.1, 0.15) is 0 Å². The first-order valence-corrected chi connectivity index (χ1v) is 4.64. The molecule has 0 radical (unpaired) electrons. The molecule has 0 unspecified atom stereocenters. The van der Waals surface area contributed by atoms with Crippen molar-refractivity contribution < 1.29 is 13.2 Å². The van der Waals surface area contributed by atoms with Crippen LogP contribution in [0.1, 0.15) is 13.8 Å². The highest BCUT2D eigenvalue weighted by Gasteiger charge is 2.15. The van der Waals surface area contributed by atoms with E-state index in [1.54, 1.807) is 7.05 Å². The minimum atomic E-state index is -1.28. The summed E-state index contributed by atoms with van der Waals surface area (Å²) in [7, 11) is 1.59. The van der Waals surface area contributed by atoms with Gasteiger partial charge in [0.2, 0.25) is 0 Å². The van der Waals surface area contributed by atoms with Crippen LogP contribution in [0.4, 0.5) is 19.0 Å². The number of hydrogen-bond donors (Lipinski definition) is 0. The van der Waals surface area contributed by atoms with Crippen LogP contribution in [0.5, 0.6) is 0 Å². The predicted molar refractivity (Wildman–Crippen MR) is 52.2 cm³/mol. The summed E-state index contributed by atoms with van der Waals surface area (Å²) < 4.78 is 38.6. The molecule has 0 aliphatic carbocycles. The minimum Gasteiger partial charge on any atom is -0.357 e. The lowest BCUT2D eigenvalue weighted by molar-refractivity contribution is 0.462. The van der Waals surface area contributed by atoms with E-state index in [2.05, 4.69) is 4.98 Å². The van der Waals surface area contributed by atoms with Crippen LogP contribution < -0.4 is 4.90 Å². The standard InChI is InChI=1S/C10H13F3N2/c1-6(2)5-15(3)10-8(12)4-7(11)9(13)14-10/h4,6H,5H2,1-3H3. The van der Waals surface area contributed by atoms with Crippen LogP contribution in [0.2, 0.25) is 0 Å². The van der Waals surface area contributed by atoms with Gasteiger partial charge in [-0.2, -0.15) is 9.37 Å². The summed E-state index contributed by atoms with van der Waals surface area (Å²) in [5.41, 5.74) is 0. The molecule has 0 aliphatic heterocycles. The smallest absolute Gasteiger partial charge is 0.251 e. The van der Waals surface area contributed by atoms with E-state index in [9.17, 15) is 13.2 Å². The van der Waals surface area contributed by atoms with Gasteiger partial charge in [-0.1, -0.05) is 13.8 Å². The van der Waals surface area contributed by atoms with Crippen LogP contribution >= 0.6 is 0 Å². The molecule has 1 heterocycles. The maximum Gasteiger partial charge on any atom is 0.251 e. The van der Waals surface area contributed by atoms with Gasteiger partial charge in [-0.15, -0.1) is 0 Å². The Morgan fingerprint density at radius 1 is 1.27 bits per heavy atom. The second kappa shape index (κ2) is 4.51. The van der Waals surface area contributed by atoms with Crippen molar-refractivity contribution in [1.29, 1.82) is 0 Å². The van der Waals surface area contributed by atoms with E-state index in [0.29, 0.717) is 12.6 Å². The van der Waals surface area contributed by atoms with Gasteiger partial charge in [-0.25, -0.2) is 8.78 Å². The zero-order valence-electron chi connectivity index (χ0n) is 8.89. The van der Waals surface area contributed by atoms with E-state index in [1.807, 2.05) is 13.8 Å². The average molecular weight is 218 g/mol. The van der Waals surface area contributed by atoms with Gasteiger partial charge < -0.3 is 4.90 Å². The Morgan fingerprint density at radius 2 is 1.87 bits per heavy atom. The van der Waals surface area contributed by atoms with Crippen molar-refractivity contribution >= 4 is 5.82 Å². The highest BCUT2D eigenvalue weighted by Crippen LogP contribution is 2.18. The molecule has 0 aliphatic rings. The van der Waals surface area contributed by atoms with Crippen LogP contribution in [0.3, 0.4) is 0 Å². The lowest BCUT2D eigenvalue weighted by Crippen LogP contribution is -2.25. The summed E-state index contributed by atoms with van der Waals surface area (Å²) in [5, 5.41) is 0. The van der Waals surface area contributed by atoms with E-state index in [-0.39, 0.29) is 11.7 Å². The lowest BCUT2D eigenvalue weighted by atomic mass is 10.2. The molecule has 0 spiro atoms. The first-order chi connectivity index (χ1) is 6.91. The van der Waals surface area contributed by atoms with Gasteiger partial charge in [-0.3, -0.25) is 0 Å². The summed E-state index contributed by atoms with van der Waals surface area (Å²) >= 11 is 0. The van der Waals surface area contributed by atoms with Gasteiger partial charge in [-0.05, 0) is 5.92 Å². The third kappa shape index (κ3) is 2.84. The summed E-state index contributed by atoms with van der Waals surface area (Å²) in [6, 6.07) is 0.508. The monoisotopic (exact) mass is 218 g/mol. The Labute approximate surface area is 86.7 Å². The van der Waals surface area contributed by atoms with Crippen LogP contribution in [-0.4, -0.2) is 18.6 Å². The molecule has 5 heteroatoms. The Kier molecular flexibility index (Phi) is 3.55. The molecule has 0 bridgehead atoms. The van der Waals surface area contributed by atoms with Crippen molar-refractivity contribution in [3.63, 3.8) is 0 Å². The van der Waals surface area contributed by atoms with Crippen molar-refractivity contribution in [1.82, 2.24) is 4.98 Å². The highest BCUT2D eigenvalue weighted by molar-refractivity contribution is 5.38. The summed E-state index contributed by atoms with van der Waals surface area (Å²) in [6.45, 7) is 4.40. The normalized spacial score (nSPS) is 10.9. The van der Waals surface area contributed by atoms with Crippen molar-refractivity contribution in [2.45, 2.75) is 13.8 Å². The zero-order valence-corrected chi connectivity index (χ0v) is 8.89. The topological polar surface area (TPSA) is 16.1 Å². The fourth-order valence-corrected chi connectivity index (χ4v) is 1.34. The number of halogens is 3. The van der Waals surface area contributed by atoms with Crippen molar-refractivity contribution in [3.8, 4) is 0 Å². The van der Waals surface area contributed by atoms with Gasteiger partial charge in [0.25, 0.3) is 5.95 Å². The van der Waals surface area contributed by atoms with Crippen LogP contribution in [0.15, 0.2) is 6.07 Å². The Bertz CT molecular complexity index is 353. The number of aromatic nitrogens is 1. The SMILES string of the molecule is CC(C)CN(C)c1nc(F)c(F)cc1F. The largest absolute Gasteiger partial charge is 0.357 e. The van der Waals surface area contributed by atoms with Crippen LogP contribution in [0, 0.1) is 23.5 Å². The third-order valence-corrected chi connectivity index (χ3v) is 1.87. The van der Waals surface area contributed by atoms with E-state index >= 15 is 0 Å². The molecule has 84 valence electrons. The number of anilines is 1. The Balaban J connectivity index is 2.98. The fourth-order valence-electron chi connectivity index (χ4n) is 1.34. The van der Waals surface area contributed by atoms with Crippen molar-refractivity contribution in [2.75, 3.05) is 18.5 Å². The van der Waals surface area contributed by atoms with Gasteiger partial charge in [0.05, 0.1) is 0 Å². The Morgan fingerprint density at radius 3 is 2.40 bits per heavy atom. The van der Waals surface area contributed by atoms with Gasteiger partial charge in [0, 0.05) is 19.7 Å². The molecule has 0 fully saturated rings. The van der Waals surface area contributed by atoms with Crippen molar-refractivity contribution in [2.24, 2.45) is 5.92 Å². The maximum atomic E-state index is 13.2. The van der Waals surface area contributed by atoms with Gasteiger partial charge in [0.15, 0.2) is 17.5 Å². The van der Waals surface area contributed by atoms with Gasteiger partial charge >= 0.3 is 0 Å². The molecular formula is C10H13F3N2. The van der Waals surface area contributed by atoms with Crippen LogP contribution in [-0.2, 0) is 0 Å². The van der Waals surface area contributed by atoms with E-state index in [4.69, 9.17) is 0 Å². The quantitative estimate of drug-likeness (QED) is 0.725. The molecule has 0 amide bonds. The number of rotatable bonds is 3. The highest BCUT2D eigenvalue weighted by atomic mass is 19.2. The molecule has 0 saturated heterocycles. The second-order valence-corrected chi connectivity index (χ2v) is 3.84. The number of hydrogen-bond acceptors (Lipinski definition) is 2. The molecule has 2 nitrogen and oxygen atoms in total. The number of pyridine rings is 1. The molecule has 1 rings (SSSR count). The molecular weight excluding hydrogens is 205 g/mol. The molecule has 15 heavy (non-hydrogen) atoms. The molecule has 1 aromatic rings. The maximum absolute atomic E-state index is 13.2. The number of nitrogens with zero attached hydrogens (tertiary/aromatic N) is 2. The third-order valence-electron chi connectivity index (χ3n) is 1.87. The molecule has 0 N–H and O–H groups in total. The zero-order chi connectivity index (χ0) is 11.6. The van der Waals surface area contributed by atoms with E-state index in [1.165, 1.54) is 4.90 Å². The van der Waals surface area contributed by atoms with Crippen LogP contribution in [0.25, 0.3) is 0 Å². The molecule has 0 atom stereocenters. The lowest BCUT2D eigenvalue weighted by Gasteiger charge is -2.20. The Hall–Kier alpha value is -1.26. The van der Waals surface area contributed by atoms with E-state index in [0.717, 1.165) is 0 Å². The fraction of sp³-hybridized carbons (Fsp3) is 0.500. The first kappa shape index (κ1) is 11.8. The summed E-state index contributed by atoms with van der Waals surface area (Å²) in [5.74, 6) is -3.28. The predicted octanol–water partition coefficient (Wildman–Crippen LogP) is 2.59. The van der Waals surface area contributed by atoms with E-state index < -0.39 is 17.6 Å². The summed E-state index contributed by atoms with van der Waals surface area (Å²) in [6.07, 6.45) is 0. The summed E-state index contributed by atoms with van der Waals surface area (Å²) in [4.78, 5) is 4.70. The molecule has 0 aromatic carbocycles. The molecule has 1 aromatic heterocycles. The second-order valence-electron chi connectivity index (χ2n) is 3.84. The average Bonchev–Trinajstić information content (AvgIpc) is 2.09. The molecule has 0 saturated carbocycles. The minimum absolute atomic E-state index is 0.164. The van der Waals surface area contributed by atoms with Crippen molar-refractivity contribution in [3.05, 3.63) is 23.6 Å². The first-order valence-electron chi connectivity index (χ1n) is 4.64.